The Morgan fingerprint density at radius 2 is 1.72 bits per heavy atom. The zero-order valence-corrected chi connectivity index (χ0v) is 18.4. The number of hydrogen-bond donors (Lipinski definition) is 1. The summed E-state index contributed by atoms with van der Waals surface area (Å²) in [4.78, 5) is 21.1. The van der Waals surface area contributed by atoms with E-state index in [9.17, 15) is 13.2 Å². The van der Waals surface area contributed by atoms with Crippen LogP contribution >= 0.6 is 11.3 Å². The first-order valence-corrected chi connectivity index (χ1v) is 11.8. The quantitative estimate of drug-likeness (QED) is 0.510. The predicted molar refractivity (Wildman–Crippen MR) is 119 cm³/mol. The van der Waals surface area contributed by atoms with Gasteiger partial charge < -0.3 is 0 Å². The molecule has 0 atom stereocenters. The molecule has 3 rings (SSSR count). The Hall–Kier alpha value is -3.64. The van der Waals surface area contributed by atoms with Gasteiger partial charge in [0.25, 0.3) is 5.91 Å². The van der Waals surface area contributed by atoms with Crippen molar-refractivity contribution in [2.24, 2.45) is 0 Å². The van der Waals surface area contributed by atoms with Crippen molar-refractivity contribution in [1.82, 2.24) is 14.3 Å². The molecule has 11 heteroatoms. The fourth-order valence-electron chi connectivity index (χ4n) is 2.76. The Morgan fingerprint density at radius 1 is 1.03 bits per heavy atom. The minimum atomic E-state index is -3.89. The van der Waals surface area contributed by atoms with Gasteiger partial charge in [0.2, 0.25) is 10.0 Å². The van der Waals surface area contributed by atoms with E-state index in [0.717, 1.165) is 4.31 Å². The molecule has 32 heavy (non-hydrogen) atoms. The van der Waals surface area contributed by atoms with Gasteiger partial charge in [-0.05, 0) is 36.4 Å². The third kappa shape index (κ3) is 5.53. The Bertz CT molecular complexity index is 1240. The molecule has 1 aromatic carbocycles. The Morgan fingerprint density at radius 3 is 2.31 bits per heavy atom. The fraction of sp³-hybridized carbons (Fsp3) is 0.190. The molecule has 0 saturated carbocycles. The molecule has 2 heterocycles. The van der Waals surface area contributed by atoms with E-state index in [1.54, 1.807) is 17.6 Å². The lowest BCUT2D eigenvalue weighted by Gasteiger charge is -2.20. The second-order valence-corrected chi connectivity index (χ2v) is 9.25. The first-order valence-electron chi connectivity index (χ1n) is 9.48. The molecule has 0 spiro atoms. The number of carbonyl (C=O) groups excluding carboxylic acids is 1. The smallest absolute Gasteiger partial charge is 0.257 e. The summed E-state index contributed by atoms with van der Waals surface area (Å²) in [6, 6.07) is 14.7. The highest BCUT2D eigenvalue weighted by atomic mass is 32.2. The Balaban J connectivity index is 1.72. The van der Waals surface area contributed by atoms with Crippen LogP contribution in [0.3, 0.4) is 0 Å². The van der Waals surface area contributed by atoms with Gasteiger partial charge in [0.1, 0.15) is 5.69 Å². The number of nitriles is 2. The van der Waals surface area contributed by atoms with Crippen LogP contribution in [0.1, 0.15) is 23.2 Å². The molecule has 9 nitrogen and oxygen atoms in total. The van der Waals surface area contributed by atoms with E-state index in [1.807, 2.05) is 24.3 Å². The summed E-state index contributed by atoms with van der Waals surface area (Å²) in [5.74, 6) is -0.429. The van der Waals surface area contributed by atoms with Crippen LogP contribution in [0.15, 0.2) is 58.9 Å². The van der Waals surface area contributed by atoms with Crippen LogP contribution < -0.4 is 5.32 Å². The lowest BCUT2D eigenvalue weighted by Crippen LogP contribution is -2.32. The number of nitrogens with one attached hydrogen (secondary N) is 1. The molecule has 0 radical (unpaired) electrons. The number of thiazole rings is 1. The van der Waals surface area contributed by atoms with Crippen molar-refractivity contribution < 1.29 is 13.2 Å². The van der Waals surface area contributed by atoms with Crippen molar-refractivity contribution in [3.63, 3.8) is 0 Å². The molecule has 0 saturated heterocycles. The topological polar surface area (TPSA) is 140 Å². The van der Waals surface area contributed by atoms with Crippen LogP contribution in [-0.4, -0.2) is 41.7 Å². The van der Waals surface area contributed by atoms with E-state index in [1.165, 1.54) is 35.6 Å². The number of sulfonamides is 1. The average Bonchev–Trinajstić information content (AvgIpc) is 3.28. The van der Waals surface area contributed by atoms with Crippen LogP contribution in [-0.2, 0) is 10.0 Å². The number of hydrogen-bond acceptors (Lipinski definition) is 8. The first-order chi connectivity index (χ1) is 15.5. The number of benzene rings is 1. The van der Waals surface area contributed by atoms with Crippen molar-refractivity contribution in [2.75, 3.05) is 18.4 Å². The average molecular weight is 467 g/mol. The SMILES string of the molecule is N#CCCN(CCC#N)S(=O)(=O)c1ccc(C(=O)Nc2nc(-c3ccccn3)cs2)cc1. The van der Waals surface area contributed by atoms with E-state index in [2.05, 4.69) is 15.3 Å². The highest BCUT2D eigenvalue weighted by Crippen LogP contribution is 2.24. The van der Waals surface area contributed by atoms with Gasteiger partial charge in [0.15, 0.2) is 5.13 Å². The highest BCUT2D eigenvalue weighted by Gasteiger charge is 2.24. The summed E-state index contributed by atoms with van der Waals surface area (Å²) < 4.78 is 26.8. The molecule has 162 valence electrons. The standard InChI is InChI=1S/C21H18N6O3S2/c22-10-3-13-27(14-4-11-23)32(29,30)17-8-6-16(7-9-17)20(28)26-21-25-19(15-31-21)18-5-1-2-12-24-18/h1-2,5-9,12,15H,3-4,13-14H2,(H,25,26,28). The largest absolute Gasteiger partial charge is 0.298 e. The molecule has 1 amide bonds. The fourth-order valence-corrected chi connectivity index (χ4v) is 4.90. The normalized spacial score (nSPS) is 11.0. The number of anilines is 1. The van der Waals surface area contributed by atoms with Crippen molar-refractivity contribution in [3.05, 3.63) is 59.6 Å². The second kappa shape index (κ2) is 10.6. The van der Waals surface area contributed by atoms with Gasteiger partial charge in [0.05, 0.1) is 22.7 Å². The van der Waals surface area contributed by atoms with Gasteiger partial charge in [-0.25, -0.2) is 13.4 Å². The molecular weight excluding hydrogens is 448 g/mol. The summed E-state index contributed by atoms with van der Waals surface area (Å²) in [7, 11) is -3.89. The van der Waals surface area contributed by atoms with E-state index >= 15 is 0 Å². The number of amides is 1. The van der Waals surface area contributed by atoms with Gasteiger partial charge in [-0.2, -0.15) is 14.8 Å². The molecule has 0 fully saturated rings. The number of nitrogens with zero attached hydrogens (tertiary/aromatic N) is 5. The number of aromatic nitrogens is 2. The van der Waals surface area contributed by atoms with Crippen molar-refractivity contribution in [2.45, 2.75) is 17.7 Å². The lowest BCUT2D eigenvalue weighted by molar-refractivity contribution is 0.102. The second-order valence-electron chi connectivity index (χ2n) is 6.45. The molecule has 3 aromatic rings. The molecule has 2 aromatic heterocycles. The highest BCUT2D eigenvalue weighted by molar-refractivity contribution is 7.89. The predicted octanol–water partition coefficient (Wildman–Crippen LogP) is 3.28. The number of pyridine rings is 1. The first kappa shape index (κ1) is 23.0. The maximum absolute atomic E-state index is 12.8. The molecule has 0 aliphatic heterocycles. The lowest BCUT2D eigenvalue weighted by atomic mass is 10.2. The van der Waals surface area contributed by atoms with Crippen LogP contribution in [0.4, 0.5) is 5.13 Å². The molecule has 0 bridgehead atoms. The van der Waals surface area contributed by atoms with Crippen molar-refractivity contribution in [3.8, 4) is 23.5 Å². The van der Waals surface area contributed by atoms with Gasteiger partial charge >= 0.3 is 0 Å². The van der Waals surface area contributed by atoms with E-state index < -0.39 is 15.9 Å². The minimum Gasteiger partial charge on any atom is -0.298 e. The summed E-state index contributed by atoms with van der Waals surface area (Å²) in [6.45, 7) is -0.0171. The Kier molecular flexibility index (Phi) is 7.63. The monoisotopic (exact) mass is 466 g/mol. The number of rotatable bonds is 9. The molecular formula is C21H18N6O3S2. The third-order valence-electron chi connectivity index (χ3n) is 4.35. The van der Waals surface area contributed by atoms with Gasteiger partial charge in [-0.1, -0.05) is 6.07 Å². The molecule has 0 aliphatic carbocycles. The molecule has 1 N–H and O–H groups in total. The van der Waals surface area contributed by atoms with Gasteiger partial charge in [-0.3, -0.25) is 15.1 Å². The maximum atomic E-state index is 12.8. The van der Waals surface area contributed by atoms with Gasteiger partial charge in [0, 0.05) is 43.1 Å². The van der Waals surface area contributed by atoms with Crippen LogP contribution in [0.25, 0.3) is 11.4 Å². The third-order valence-corrected chi connectivity index (χ3v) is 7.02. The summed E-state index contributed by atoms with van der Waals surface area (Å²) in [5, 5.41) is 22.4. The van der Waals surface area contributed by atoms with Crippen LogP contribution in [0.5, 0.6) is 0 Å². The zero-order valence-electron chi connectivity index (χ0n) is 16.8. The van der Waals surface area contributed by atoms with Crippen molar-refractivity contribution in [1.29, 1.82) is 10.5 Å². The summed E-state index contributed by atoms with van der Waals surface area (Å²) in [6.07, 6.45) is 1.68. The van der Waals surface area contributed by atoms with Crippen LogP contribution in [0, 0.1) is 22.7 Å². The maximum Gasteiger partial charge on any atom is 0.257 e. The number of carbonyl (C=O) groups is 1. The zero-order chi connectivity index (χ0) is 23.0. The molecule has 0 aliphatic rings. The van der Waals surface area contributed by atoms with Gasteiger partial charge in [-0.15, -0.1) is 11.3 Å². The van der Waals surface area contributed by atoms with E-state index in [-0.39, 0.29) is 36.4 Å². The Labute approximate surface area is 189 Å². The summed E-state index contributed by atoms with van der Waals surface area (Å²) >= 11 is 1.26. The van der Waals surface area contributed by atoms with E-state index in [0.29, 0.717) is 16.5 Å². The summed E-state index contributed by atoms with van der Waals surface area (Å²) in [5.41, 5.74) is 1.59. The molecule has 0 unspecified atom stereocenters. The minimum absolute atomic E-state index is 0.00853. The van der Waals surface area contributed by atoms with Crippen molar-refractivity contribution >= 4 is 32.4 Å². The van der Waals surface area contributed by atoms with Crippen LogP contribution in [0.2, 0.25) is 0 Å². The van der Waals surface area contributed by atoms with E-state index in [4.69, 9.17) is 10.5 Å².